The van der Waals surface area contributed by atoms with Crippen molar-refractivity contribution in [1.82, 2.24) is 0 Å². The number of carbonyl (C=O) groups excluding carboxylic acids is 1. The Kier molecular flexibility index (Phi) is 2.84. The summed E-state index contributed by atoms with van der Waals surface area (Å²) >= 11 is 6.67. The number of fused-ring (bicyclic) bond motifs is 3. The highest BCUT2D eigenvalue weighted by Gasteiger charge is 2.68. The smallest absolute Gasteiger partial charge is 0.284 e. The summed E-state index contributed by atoms with van der Waals surface area (Å²) in [6.45, 7) is 0. The summed E-state index contributed by atoms with van der Waals surface area (Å²) in [5.41, 5.74) is 7.04. The Morgan fingerprint density at radius 1 is 1.35 bits per heavy atom. The predicted molar refractivity (Wildman–Crippen MR) is 90.2 cm³/mol. The number of halogens is 1. The van der Waals surface area contributed by atoms with Gasteiger partial charge in [-0.3, -0.25) is 4.79 Å². The van der Waals surface area contributed by atoms with Crippen LogP contribution in [-0.2, 0) is 10.3 Å². The number of aliphatic hydroxyl groups is 1. The maximum atomic E-state index is 12.8. The second-order valence-electron chi connectivity index (χ2n) is 7.11. The van der Waals surface area contributed by atoms with Gasteiger partial charge in [-0.1, -0.05) is 41.4 Å². The number of benzene rings is 1. The largest absolute Gasteiger partial charge is 0.386 e. The molecule has 3 nitrogen and oxygen atoms in total. The Morgan fingerprint density at radius 3 is 2.60 bits per heavy atom. The topological polar surface area (TPSA) is 63.3 Å². The number of nitrogens with two attached hydrogens (primary N) is 1. The highest BCUT2D eigenvalue weighted by atomic mass is 35.5. The van der Waals surface area contributed by atoms with Gasteiger partial charge >= 0.3 is 0 Å². The molecule has 20 heavy (non-hydrogen) atoms. The third-order valence-electron chi connectivity index (χ3n) is 5.32. The SMILES string of the molecule is BC1(B)CC2(B)B(Cl)c3ccccc3C2(N)C(=O)C1O. The summed E-state index contributed by atoms with van der Waals surface area (Å²) in [7, 11) is 5.76. The van der Waals surface area contributed by atoms with Crippen LogP contribution in [-0.4, -0.2) is 46.7 Å². The maximum Gasteiger partial charge on any atom is 0.284 e. The molecule has 3 N–H and O–H groups in total. The molecule has 1 aromatic rings. The van der Waals surface area contributed by atoms with Gasteiger partial charge in [-0.05, 0) is 10.8 Å². The fourth-order valence-corrected chi connectivity index (χ4v) is 4.62. The Balaban J connectivity index is 2.28. The van der Waals surface area contributed by atoms with Crippen molar-refractivity contribution in [2.75, 3.05) is 0 Å². The average Bonchev–Trinajstić information content (AvgIpc) is 2.57. The van der Waals surface area contributed by atoms with E-state index in [4.69, 9.17) is 17.2 Å². The zero-order valence-corrected chi connectivity index (χ0v) is 12.7. The lowest BCUT2D eigenvalue weighted by molar-refractivity contribution is -0.137. The van der Waals surface area contributed by atoms with Crippen LogP contribution >= 0.6 is 11.5 Å². The van der Waals surface area contributed by atoms with Gasteiger partial charge in [-0.25, -0.2) is 0 Å². The number of carbonyl (C=O) groups is 1. The number of hydrogen-bond acceptors (Lipinski definition) is 3. The molecule has 1 aliphatic carbocycles. The fraction of sp³-hybridized carbons (Fsp3) is 0.417. The van der Waals surface area contributed by atoms with Crippen molar-refractivity contribution in [2.45, 2.75) is 28.5 Å². The number of rotatable bonds is 0. The van der Waals surface area contributed by atoms with E-state index in [0.717, 1.165) is 11.0 Å². The molecule has 1 aliphatic heterocycles. The van der Waals surface area contributed by atoms with Gasteiger partial charge in [0.05, 0.1) is 5.54 Å². The molecule has 1 heterocycles. The number of Topliss-reactive ketones (excluding diaryl/α,β-unsaturated/α-hetero) is 1. The molecular weight excluding hydrogens is 269 g/mol. The molecule has 0 saturated heterocycles. The Morgan fingerprint density at radius 2 is 1.95 bits per heavy atom. The quantitative estimate of drug-likeness (QED) is 0.511. The first-order chi connectivity index (χ1) is 9.16. The van der Waals surface area contributed by atoms with Crippen molar-refractivity contribution < 1.29 is 9.90 Å². The number of hydrogen-bond donors (Lipinski definition) is 2. The van der Waals surface area contributed by atoms with Crippen molar-refractivity contribution in [2.24, 2.45) is 5.73 Å². The van der Waals surface area contributed by atoms with Gasteiger partial charge in [0, 0.05) is 0 Å². The van der Waals surface area contributed by atoms with Crippen LogP contribution in [0.5, 0.6) is 0 Å². The molecule has 3 rings (SSSR count). The van der Waals surface area contributed by atoms with Crippen molar-refractivity contribution in [1.29, 1.82) is 0 Å². The third kappa shape index (κ3) is 1.41. The molecule has 1 aromatic carbocycles. The lowest BCUT2D eigenvalue weighted by atomic mass is 9.27. The minimum atomic E-state index is -1.20. The third-order valence-corrected chi connectivity index (χ3v) is 6.04. The monoisotopic (exact) mass is 285 g/mol. The Bertz CT molecular complexity index is 613. The van der Waals surface area contributed by atoms with E-state index in [-0.39, 0.29) is 11.9 Å². The standard InChI is InChI=1S/C12H16B4ClNO2/c13-10(14)5-11(15)12(18,9(20)8(10)19)6-3-1-2-4-7(6)16(11)17/h1-4,8,19H,5,13-15,18H2. The lowest BCUT2D eigenvalue weighted by Crippen LogP contribution is -2.65. The molecule has 8 heteroatoms. The average molecular weight is 285 g/mol. The first kappa shape index (κ1) is 14.3. The summed E-state index contributed by atoms with van der Waals surface area (Å²) in [5, 5.41) is 9.26. The first-order valence-corrected chi connectivity index (χ1v) is 7.34. The molecule has 0 aromatic heterocycles. The van der Waals surface area contributed by atoms with Crippen molar-refractivity contribution in [3.63, 3.8) is 0 Å². The maximum absolute atomic E-state index is 12.8. The molecular formula is C12H16B4ClNO2. The summed E-state index contributed by atoms with van der Waals surface area (Å²) in [6.07, 6.45) is -0.776. The zero-order chi connectivity index (χ0) is 14.9. The summed E-state index contributed by atoms with van der Waals surface area (Å²) in [4.78, 5) is 12.8. The molecule has 2 aliphatic rings. The summed E-state index contributed by atoms with van der Waals surface area (Å²) in [6, 6.07) is 7.56. The van der Waals surface area contributed by atoms with Crippen molar-refractivity contribution in [3.05, 3.63) is 29.8 Å². The van der Waals surface area contributed by atoms with Crippen LogP contribution in [0.15, 0.2) is 24.3 Å². The normalized spacial score (nSPS) is 38.5. The van der Waals surface area contributed by atoms with Gasteiger partial charge in [-0.15, -0.1) is 0 Å². The van der Waals surface area contributed by atoms with Gasteiger partial charge in [0.1, 0.15) is 29.6 Å². The minimum absolute atomic E-state index is 0.313. The second-order valence-corrected chi connectivity index (χ2v) is 7.54. The lowest BCUT2D eigenvalue weighted by Gasteiger charge is -2.53. The van der Waals surface area contributed by atoms with Gasteiger partial charge in [-0.2, -0.15) is 11.5 Å². The molecule has 3 atom stereocenters. The van der Waals surface area contributed by atoms with Crippen molar-refractivity contribution >= 4 is 52.4 Å². The van der Waals surface area contributed by atoms with E-state index in [1.54, 1.807) is 0 Å². The number of aliphatic hydroxyl groups excluding tert-OH is 1. The molecule has 0 spiro atoms. The first-order valence-electron chi connectivity index (χ1n) is 6.91. The summed E-state index contributed by atoms with van der Waals surface area (Å²) in [5.74, 6) is -0.313. The highest BCUT2D eigenvalue weighted by molar-refractivity contribution is 7.19. The predicted octanol–water partition coefficient (Wildman–Crippen LogP) is -2.66. The second kappa shape index (κ2) is 3.96. The number of ketones is 1. The van der Waals surface area contributed by atoms with E-state index in [1.165, 1.54) is 0 Å². The zero-order valence-electron chi connectivity index (χ0n) is 12.0. The Hall–Kier alpha value is -0.640. The van der Waals surface area contributed by atoms with Crippen molar-refractivity contribution in [3.8, 4) is 0 Å². The van der Waals surface area contributed by atoms with Crippen LogP contribution in [0.1, 0.15) is 12.0 Å². The molecule has 0 bridgehead atoms. The van der Waals surface area contributed by atoms with E-state index < -0.39 is 22.1 Å². The summed E-state index contributed by atoms with van der Waals surface area (Å²) < 4.78 is 0. The van der Waals surface area contributed by atoms with Crippen LogP contribution in [0.2, 0.25) is 10.4 Å². The van der Waals surface area contributed by atoms with E-state index in [9.17, 15) is 9.90 Å². The van der Waals surface area contributed by atoms with E-state index in [1.807, 2.05) is 47.8 Å². The molecule has 1 saturated carbocycles. The fourth-order valence-electron chi connectivity index (χ4n) is 4.18. The molecule has 0 amide bonds. The van der Waals surface area contributed by atoms with Gasteiger partial charge in [0.2, 0.25) is 0 Å². The molecule has 1 fully saturated rings. The van der Waals surface area contributed by atoms with Crippen LogP contribution < -0.4 is 11.2 Å². The van der Waals surface area contributed by atoms with Crippen LogP contribution in [0.25, 0.3) is 0 Å². The van der Waals surface area contributed by atoms with E-state index in [2.05, 4.69) is 0 Å². The highest BCUT2D eigenvalue weighted by Crippen LogP contribution is 2.61. The van der Waals surface area contributed by atoms with Gasteiger partial charge in [0.15, 0.2) is 5.78 Å². The van der Waals surface area contributed by atoms with E-state index in [0.29, 0.717) is 6.42 Å². The van der Waals surface area contributed by atoms with Crippen LogP contribution in [0, 0.1) is 0 Å². The van der Waals surface area contributed by atoms with Crippen LogP contribution in [0.3, 0.4) is 0 Å². The molecule has 0 radical (unpaired) electrons. The molecule has 3 unspecified atom stereocenters. The molecule has 100 valence electrons. The Labute approximate surface area is 126 Å². The van der Waals surface area contributed by atoms with Crippen LogP contribution in [0.4, 0.5) is 0 Å². The minimum Gasteiger partial charge on any atom is -0.386 e. The van der Waals surface area contributed by atoms with Gasteiger partial charge < -0.3 is 10.8 Å². The van der Waals surface area contributed by atoms with Gasteiger partial charge in [0.25, 0.3) is 6.13 Å². The van der Waals surface area contributed by atoms with E-state index >= 15 is 0 Å².